The molecule has 0 spiro atoms. The summed E-state index contributed by atoms with van der Waals surface area (Å²) >= 11 is 0. The zero-order valence-corrected chi connectivity index (χ0v) is 23.3. The van der Waals surface area contributed by atoms with Gasteiger partial charge in [0.2, 0.25) is 11.8 Å². The van der Waals surface area contributed by atoms with Crippen LogP contribution in [0.15, 0.2) is 53.5 Å². The highest BCUT2D eigenvalue weighted by Gasteiger charge is 2.41. The van der Waals surface area contributed by atoms with Gasteiger partial charge in [-0.3, -0.25) is 4.79 Å². The quantitative estimate of drug-likeness (QED) is 0.509. The van der Waals surface area contributed by atoms with E-state index in [0.717, 1.165) is 12.0 Å². The molecule has 0 bridgehead atoms. The number of rotatable bonds is 5. The van der Waals surface area contributed by atoms with Crippen molar-refractivity contribution in [2.45, 2.75) is 105 Å². The third-order valence-corrected chi connectivity index (χ3v) is 6.65. The predicted molar refractivity (Wildman–Crippen MR) is 146 cm³/mol. The normalized spacial score (nSPS) is 19.7. The van der Waals surface area contributed by atoms with Crippen LogP contribution in [0.4, 0.5) is 0 Å². The monoisotopic (exact) mass is 476 g/mol. The van der Waals surface area contributed by atoms with E-state index in [4.69, 9.17) is 9.73 Å². The molecule has 1 amide bonds. The number of carbonyl (C=O) groups is 1. The second-order valence-corrected chi connectivity index (χ2v) is 13.1. The van der Waals surface area contributed by atoms with Crippen LogP contribution in [0.1, 0.15) is 97.6 Å². The lowest BCUT2D eigenvalue weighted by Gasteiger charge is -2.31. The Bertz CT molecular complexity index is 1030. The molecule has 2 aromatic rings. The van der Waals surface area contributed by atoms with Crippen molar-refractivity contribution in [3.8, 4) is 0 Å². The Morgan fingerprint density at radius 2 is 1.46 bits per heavy atom. The SMILES string of the molecule is CC(=O)N[C@H](C1=N[C@@H](Cc2ccccc2)[C@H](c2cc(C(C)(C)C)cc(C(C)(C)C)c2)O1)C(C)(C)C. The molecule has 3 atom stereocenters. The fourth-order valence-electron chi connectivity index (χ4n) is 4.45. The molecule has 35 heavy (non-hydrogen) atoms. The third-order valence-electron chi connectivity index (χ3n) is 6.65. The molecule has 0 fully saturated rings. The van der Waals surface area contributed by atoms with Gasteiger partial charge in [-0.05, 0) is 44.9 Å². The molecule has 4 nitrogen and oxygen atoms in total. The Balaban J connectivity index is 2.11. The van der Waals surface area contributed by atoms with Gasteiger partial charge < -0.3 is 10.1 Å². The summed E-state index contributed by atoms with van der Waals surface area (Å²) in [5, 5.41) is 3.09. The maximum atomic E-state index is 12.1. The first-order chi connectivity index (χ1) is 16.1. The summed E-state index contributed by atoms with van der Waals surface area (Å²) < 4.78 is 6.69. The molecular weight excluding hydrogens is 432 g/mol. The van der Waals surface area contributed by atoms with Crippen molar-refractivity contribution < 1.29 is 9.53 Å². The van der Waals surface area contributed by atoms with Gasteiger partial charge in [-0.1, -0.05) is 111 Å². The van der Waals surface area contributed by atoms with Gasteiger partial charge in [-0.15, -0.1) is 0 Å². The predicted octanol–water partition coefficient (Wildman–Crippen LogP) is 6.91. The van der Waals surface area contributed by atoms with Crippen LogP contribution in [0.25, 0.3) is 0 Å². The number of carbonyl (C=O) groups excluding carboxylic acids is 1. The molecule has 1 aliphatic rings. The van der Waals surface area contributed by atoms with E-state index in [1.54, 1.807) is 6.92 Å². The van der Waals surface area contributed by atoms with Gasteiger partial charge in [0.1, 0.15) is 12.1 Å². The standard InChI is InChI=1S/C31H44N2O2/c1-20(34)32-27(31(8,9)10)28-33-25(16-21-14-12-11-13-15-21)26(35-28)22-17-23(29(2,3)4)19-24(18-22)30(5,6)7/h11-15,17-19,25-27H,16H2,1-10H3,(H,32,34)/t25-,26-,27+/m0/s1. The molecule has 0 aromatic heterocycles. The molecule has 1 N–H and O–H groups in total. The summed E-state index contributed by atoms with van der Waals surface area (Å²) in [6.45, 7) is 21.4. The fourth-order valence-corrected chi connectivity index (χ4v) is 4.45. The number of amides is 1. The van der Waals surface area contributed by atoms with Crippen LogP contribution in [0, 0.1) is 5.41 Å². The van der Waals surface area contributed by atoms with E-state index in [9.17, 15) is 4.79 Å². The van der Waals surface area contributed by atoms with Crippen molar-refractivity contribution in [1.29, 1.82) is 0 Å². The van der Waals surface area contributed by atoms with Crippen molar-refractivity contribution in [1.82, 2.24) is 5.32 Å². The Morgan fingerprint density at radius 1 is 0.914 bits per heavy atom. The van der Waals surface area contributed by atoms with Gasteiger partial charge in [0.05, 0.1) is 6.04 Å². The van der Waals surface area contributed by atoms with Gasteiger partial charge in [-0.2, -0.15) is 0 Å². The van der Waals surface area contributed by atoms with Gasteiger partial charge in [0, 0.05) is 6.92 Å². The first-order valence-electron chi connectivity index (χ1n) is 12.8. The van der Waals surface area contributed by atoms with E-state index < -0.39 is 0 Å². The second-order valence-electron chi connectivity index (χ2n) is 13.1. The highest BCUT2D eigenvalue weighted by molar-refractivity contribution is 5.89. The Morgan fingerprint density at radius 3 is 1.91 bits per heavy atom. The summed E-state index contributed by atoms with van der Waals surface area (Å²) in [4.78, 5) is 17.2. The van der Waals surface area contributed by atoms with Crippen LogP contribution >= 0.6 is 0 Å². The van der Waals surface area contributed by atoms with E-state index >= 15 is 0 Å². The van der Waals surface area contributed by atoms with Crippen LogP contribution in [-0.2, 0) is 26.8 Å². The van der Waals surface area contributed by atoms with Gasteiger partial charge in [0.25, 0.3) is 0 Å². The minimum Gasteiger partial charge on any atom is -0.469 e. The minimum absolute atomic E-state index is 0.0113. The second kappa shape index (κ2) is 9.79. The van der Waals surface area contributed by atoms with E-state index in [1.807, 2.05) is 6.07 Å². The Labute approximate surface area is 212 Å². The summed E-state index contributed by atoms with van der Waals surface area (Å²) in [5.74, 6) is 0.543. The smallest absolute Gasteiger partial charge is 0.217 e. The lowest BCUT2D eigenvalue weighted by Crippen LogP contribution is -2.48. The topological polar surface area (TPSA) is 50.7 Å². The number of nitrogens with one attached hydrogen (secondary N) is 1. The van der Waals surface area contributed by atoms with Crippen molar-refractivity contribution in [2.24, 2.45) is 10.4 Å². The summed E-state index contributed by atoms with van der Waals surface area (Å²) in [6.07, 6.45) is 0.559. The number of ether oxygens (including phenoxy) is 1. The number of hydrogen-bond acceptors (Lipinski definition) is 3. The van der Waals surface area contributed by atoms with Crippen LogP contribution < -0.4 is 5.32 Å². The highest BCUT2D eigenvalue weighted by Crippen LogP contribution is 2.39. The maximum Gasteiger partial charge on any atom is 0.217 e. The van der Waals surface area contributed by atoms with Gasteiger partial charge >= 0.3 is 0 Å². The lowest BCUT2D eigenvalue weighted by molar-refractivity contribution is -0.120. The number of benzene rings is 2. The minimum atomic E-state index is -0.295. The third kappa shape index (κ3) is 6.74. The molecular formula is C31H44N2O2. The Kier molecular flexibility index (Phi) is 7.55. The maximum absolute atomic E-state index is 12.1. The average Bonchev–Trinajstić information content (AvgIpc) is 3.13. The molecule has 0 unspecified atom stereocenters. The van der Waals surface area contributed by atoms with E-state index in [0.29, 0.717) is 5.90 Å². The van der Waals surface area contributed by atoms with Crippen molar-refractivity contribution in [2.75, 3.05) is 0 Å². The van der Waals surface area contributed by atoms with Crippen LogP contribution in [0.3, 0.4) is 0 Å². The fraction of sp³-hybridized carbons (Fsp3) is 0.548. The first kappa shape index (κ1) is 27.0. The van der Waals surface area contributed by atoms with Crippen molar-refractivity contribution in [3.05, 3.63) is 70.8 Å². The summed E-state index contributed by atoms with van der Waals surface area (Å²) in [6, 6.07) is 17.0. The molecule has 4 heteroatoms. The molecule has 3 rings (SSSR count). The average molecular weight is 477 g/mol. The van der Waals surface area contributed by atoms with E-state index in [-0.39, 0.29) is 40.3 Å². The summed E-state index contributed by atoms with van der Waals surface area (Å²) in [7, 11) is 0. The largest absolute Gasteiger partial charge is 0.469 e. The van der Waals surface area contributed by atoms with E-state index in [2.05, 4.69) is 110 Å². The molecule has 1 heterocycles. The van der Waals surface area contributed by atoms with Crippen molar-refractivity contribution in [3.63, 3.8) is 0 Å². The summed E-state index contributed by atoms with van der Waals surface area (Å²) in [5.41, 5.74) is 4.76. The highest BCUT2D eigenvalue weighted by atomic mass is 16.5. The molecule has 190 valence electrons. The number of hydrogen-bond donors (Lipinski definition) is 1. The molecule has 0 radical (unpaired) electrons. The van der Waals surface area contributed by atoms with E-state index in [1.165, 1.54) is 16.7 Å². The zero-order chi connectivity index (χ0) is 26.2. The molecule has 1 aliphatic heterocycles. The van der Waals surface area contributed by atoms with Gasteiger partial charge in [0.15, 0.2) is 0 Å². The van der Waals surface area contributed by atoms with Crippen LogP contribution in [0.5, 0.6) is 0 Å². The van der Waals surface area contributed by atoms with Crippen LogP contribution in [-0.4, -0.2) is 23.9 Å². The zero-order valence-electron chi connectivity index (χ0n) is 23.3. The lowest BCUT2D eigenvalue weighted by atomic mass is 9.78. The number of nitrogens with zero attached hydrogens (tertiary/aromatic N) is 1. The molecule has 0 saturated carbocycles. The van der Waals surface area contributed by atoms with Crippen LogP contribution in [0.2, 0.25) is 0 Å². The Hall–Kier alpha value is -2.62. The number of aliphatic imine (C=N–C) groups is 1. The van der Waals surface area contributed by atoms with Crippen molar-refractivity contribution >= 4 is 11.8 Å². The molecule has 0 aliphatic carbocycles. The first-order valence-corrected chi connectivity index (χ1v) is 12.8. The molecule has 0 saturated heterocycles. The molecule has 2 aromatic carbocycles. The van der Waals surface area contributed by atoms with Gasteiger partial charge in [-0.25, -0.2) is 4.99 Å².